The van der Waals surface area contributed by atoms with E-state index in [0.29, 0.717) is 28.8 Å². The molecule has 5 rings (SSSR count). The lowest BCUT2D eigenvalue weighted by Gasteiger charge is -2.32. The average Bonchev–Trinajstić information content (AvgIpc) is 3.36. The van der Waals surface area contributed by atoms with E-state index in [1.165, 1.54) is 11.3 Å². The Balaban J connectivity index is 1.26. The van der Waals surface area contributed by atoms with Gasteiger partial charge in [-0.2, -0.15) is 15.2 Å². The number of nitriles is 1. The number of fused-ring (bicyclic) bond motifs is 1. The van der Waals surface area contributed by atoms with Crippen LogP contribution in [-0.4, -0.2) is 43.9 Å². The zero-order valence-electron chi connectivity index (χ0n) is 20.5. The number of piperidine rings is 1. The summed E-state index contributed by atoms with van der Waals surface area (Å²) in [6.45, 7) is 6.37. The normalized spacial score (nSPS) is 14.4. The summed E-state index contributed by atoms with van der Waals surface area (Å²) in [6, 6.07) is 12.7. The van der Waals surface area contributed by atoms with Crippen molar-refractivity contribution in [1.82, 2.24) is 19.9 Å². The minimum absolute atomic E-state index is 0.108. The molecule has 3 heterocycles. The maximum atomic E-state index is 10.9. The van der Waals surface area contributed by atoms with Crippen LogP contribution in [0.4, 0.5) is 11.6 Å². The highest BCUT2D eigenvalue weighted by Crippen LogP contribution is 2.35. The van der Waals surface area contributed by atoms with E-state index in [1.807, 2.05) is 26.0 Å². The molecular formula is C26H25N7O3S. The lowest BCUT2D eigenvalue weighted by molar-refractivity contribution is -0.384. The van der Waals surface area contributed by atoms with E-state index >= 15 is 0 Å². The number of hydrogen-bond donors (Lipinski definition) is 1. The number of ether oxygens (including phenoxy) is 1. The number of nitro benzene ring substituents is 1. The van der Waals surface area contributed by atoms with Crippen molar-refractivity contribution >= 4 is 33.3 Å². The number of benzene rings is 2. The van der Waals surface area contributed by atoms with E-state index in [4.69, 9.17) is 4.74 Å². The Morgan fingerprint density at radius 1 is 1.19 bits per heavy atom. The fourth-order valence-corrected chi connectivity index (χ4v) is 5.19. The molecule has 188 valence electrons. The highest BCUT2D eigenvalue weighted by atomic mass is 32.1. The number of aromatic nitrogens is 3. The van der Waals surface area contributed by atoms with Crippen molar-refractivity contribution in [2.45, 2.75) is 39.3 Å². The van der Waals surface area contributed by atoms with Gasteiger partial charge in [-0.15, -0.1) is 11.3 Å². The Labute approximate surface area is 217 Å². The number of nitrogens with zero attached hydrogens (tertiary/aromatic N) is 6. The number of anilines is 1. The lowest BCUT2D eigenvalue weighted by atomic mass is 10.0. The first-order valence-electron chi connectivity index (χ1n) is 11.9. The monoisotopic (exact) mass is 515 g/mol. The van der Waals surface area contributed by atoms with E-state index in [2.05, 4.69) is 31.2 Å². The molecule has 1 saturated heterocycles. The number of hydrogen-bond acceptors (Lipinski definition) is 10. The van der Waals surface area contributed by atoms with Gasteiger partial charge in [-0.3, -0.25) is 15.0 Å². The van der Waals surface area contributed by atoms with Gasteiger partial charge < -0.3 is 10.1 Å². The van der Waals surface area contributed by atoms with Crippen molar-refractivity contribution in [2.75, 3.05) is 18.4 Å². The maximum Gasteiger partial charge on any atom is 0.269 e. The minimum atomic E-state index is -0.380. The molecule has 2 aromatic heterocycles. The molecule has 11 heteroatoms. The predicted molar refractivity (Wildman–Crippen MR) is 141 cm³/mol. The van der Waals surface area contributed by atoms with Crippen molar-refractivity contribution in [3.63, 3.8) is 0 Å². The molecule has 0 radical (unpaired) electrons. The van der Waals surface area contributed by atoms with E-state index in [-0.39, 0.29) is 16.7 Å². The van der Waals surface area contributed by atoms with Crippen LogP contribution in [0.25, 0.3) is 10.3 Å². The molecule has 1 aliphatic heterocycles. The summed E-state index contributed by atoms with van der Waals surface area (Å²) in [5, 5.41) is 23.6. The van der Waals surface area contributed by atoms with Crippen molar-refractivity contribution in [2.24, 2.45) is 0 Å². The quantitative estimate of drug-likeness (QED) is 0.255. The third-order valence-electron chi connectivity index (χ3n) is 6.42. The van der Waals surface area contributed by atoms with Crippen molar-refractivity contribution in [3.05, 3.63) is 74.3 Å². The number of likely N-dealkylation sites (tertiary alicyclic amines) is 1. The number of non-ortho nitro benzene ring substituents is 1. The SMILES string of the molecule is Cc1cc(C#N)cc(C)c1Oc1nc(NC2CCN(Cc3ccc([N+](=O)[O-])cc3)CC2)nc2ncsc12. The average molecular weight is 516 g/mol. The van der Waals surface area contributed by atoms with Crippen molar-refractivity contribution in [1.29, 1.82) is 5.26 Å². The summed E-state index contributed by atoms with van der Waals surface area (Å²) >= 11 is 1.43. The second kappa shape index (κ2) is 10.5. The molecule has 0 saturated carbocycles. The lowest BCUT2D eigenvalue weighted by Crippen LogP contribution is -2.39. The highest BCUT2D eigenvalue weighted by Gasteiger charge is 2.22. The number of nitro groups is 1. The van der Waals surface area contributed by atoms with Gasteiger partial charge in [0.15, 0.2) is 5.65 Å². The first-order chi connectivity index (χ1) is 17.9. The molecule has 0 atom stereocenters. The Bertz CT molecular complexity index is 1470. The van der Waals surface area contributed by atoms with Crippen molar-refractivity contribution in [3.8, 4) is 17.7 Å². The molecule has 0 aliphatic carbocycles. The molecule has 4 aromatic rings. The number of thiazole rings is 1. The first kappa shape index (κ1) is 24.5. The first-order valence-corrected chi connectivity index (χ1v) is 12.8. The van der Waals surface area contributed by atoms with Crippen LogP contribution in [0.2, 0.25) is 0 Å². The Kier molecular flexibility index (Phi) is 6.94. The van der Waals surface area contributed by atoms with Crippen LogP contribution in [0.3, 0.4) is 0 Å². The van der Waals surface area contributed by atoms with Crippen LogP contribution < -0.4 is 10.1 Å². The van der Waals surface area contributed by atoms with Crippen LogP contribution in [0.15, 0.2) is 41.9 Å². The smallest absolute Gasteiger partial charge is 0.269 e. The van der Waals surface area contributed by atoms with Gasteiger partial charge in [0, 0.05) is 37.8 Å². The Morgan fingerprint density at radius 2 is 1.89 bits per heavy atom. The summed E-state index contributed by atoms with van der Waals surface area (Å²) < 4.78 is 7.04. The van der Waals surface area contributed by atoms with Gasteiger partial charge in [-0.25, -0.2) is 4.98 Å². The number of aryl methyl sites for hydroxylation is 2. The van der Waals surface area contributed by atoms with Gasteiger partial charge in [0.05, 0.1) is 22.1 Å². The van der Waals surface area contributed by atoms with Gasteiger partial charge in [0.1, 0.15) is 10.4 Å². The second-order valence-electron chi connectivity index (χ2n) is 9.13. The van der Waals surface area contributed by atoms with Crippen LogP contribution in [0.1, 0.15) is 35.1 Å². The molecule has 2 aromatic carbocycles. The van der Waals surface area contributed by atoms with E-state index in [9.17, 15) is 15.4 Å². The number of rotatable bonds is 7. The maximum absolute atomic E-state index is 10.9. The summed E-state index contributed by atoms with van der Waals surface area (Å²) in [4.78, 5) is 26.5. The van der Waals surface area contributed by atoms with E-state index in [1.54, 1.807) is 29.8 Å². The summed E-state index contributed by atoms with van der Waals surface area (Å²) in [6.07, 6.45) is 1.82. The highest BCUT2D eigenvalue weighted by molar-refractivity contribution is 7.17. The predicted octanol–water partition coefficient (Wildman–Crippen LogP) is 5.35. The molecule has 1 aliphatic rings. The van der Waals surface area contributed by atoms with Gasteiger partial charge in [-0.1, -0.05) is 12.1 Å². The number of nitrogens with one attached hydrogen (secondary N) is 1. The molecule has 37 heavy (non-hydrogen) atoms. The van der Waals surface area contributed by atoms with Gasteiger partial charge >= 0.3 is 0 Å². The van der Waals surface area contributed by atoms with Gasteiger partial charge in [0.25, 0.3) is 5.69 Å². The molecule has 0 unspecified atom stereocenters. The zero-order chi connectivity index (χ0) is 25.9. The summed E-state index contributed by atoms with van der Waals surface area (Å²) in [5.74, 6) is 1.60. The van der Waals surface area contributed by atoms with E-state index in [0.717, 1.165) is 53.9 Å². The molecule has 0 bridgehead atoms. The van der Waals surface area contributed by atoms with Gasteiger partial charge in [0.2, 0.25) is 11.8 Å². The van der Waals surface area contributed by atoms with Crippen LogP contribution in [0, 0.1) is 35.3 Å². The summed E-state index contributed by atoms with van der Waals surface area (Å²) in [7, 11) is 0. The molecular weight excluding hydrogens is 490 g/mol. The van der Waals surface area contributed by atoms with E-state index < -0.39 is 0 Å². The van der Waals surface area contributed by atoms with Crippen LogP contribution in [0.5, 0.6) is 11.6 Å². The molecule has 1 fully saturated rings. The van der Waals surface area contributed by atoms with Crippen LogP contribution >= 0.6 is 11.3 Å². The Hall–Kier alpha value is -4.14. The molecule has 0 spiro atoms. The third-order valence-corrected chi connectivity index (χ3v) is 7.23. The van der Waals surface area contributed by atoms with Crippen LogP contribution in [-0.2, 0) is 6.54 Å². The topological polar surface area (TPSA) is 130 Å². The standard InChI is InChI=1S/C26H25N7O3S/c1-16-11-19(13-27)12-17(2)22(16)36-25-23-24(28-15-37-23)30-26(31-25)29-20-7-9-32(10-8-20)14-18-3-5-21(6-4-18)33(34)35/h3-6,11-12,15,20H,7-10,14H2,1-2H3,(H,29,30,31). The second-order valence-corrected chi connectivity index (χ2v) is 9.98. The van der Waals surface area contributed by atoms with Gasteiger partial charge in [-0.05, 0) is 55.5 Å². The fourth-order valence-electron chi connectivity index (χ4n) is 4.54. The fraction of sp³-hybridized carbons (Fsp3) is 0.308. The zero-order valence-corrected chi connectivity index (χ0v) is 21.3. The largest absolute Gasteiger partial charge is 0.437 e. The Morgan fingerprint density at radius 3 is 2.54 bits per heavy atom. The molecule has 10 nitrogen and oxygen atoms in total. The molecule has 1 N–H and O–H groups in total. The van der Waals surface area contributed by atoms with Crippen molar-refractivity contribution < 1.29 is 9.66 Å². The third kappa shape index (κ3) is 5.50. The minimum Gasteiger partial charge on any atom is -0.437 e. The molecule has 0 amide bonds. The summed E-state index contributed by atoms with van der Waals surface area (Å²) in [5.41, 5.74) is 5.80.